The van der Waals surface area contributed by atoms with Gasteiger partial charge in [0.1, 0.15) is 5.25 Å². The number of nitrogens with zero attached hydrogens (tertiary/aromatic N) is 3. The Hall–Kier alpha value is -3.01. The topological polar surface area (TPSA) is 71.8 Å². The van der Waals surface area contributed by atoms with Crippen LogP contribution in [0.1, 0.15) is 48.8 Å². The molecular formula is C23H24F3N5OS. The van der Waals surface area contributed by atoms with Crippen molar-refractivity contribution in [3.63, 3.8) is 0 Å². The normalized spacial score (nSPS) is 17.8. The molecule has 6 nitrogen and oxygen atoms in total. The van der Waals surface area contributed by atoms with E-state index in [1.807, 2.05) is 31.2 Å². The van der Waals surface area contributed by atoms with Crippen LogP contribution in [0.25, 0.3) is 0 Å². The van der Waals surface area contributed by atoms with Crippen molar-refractivity contribution >= 4 is 23.4 Å². The molecule has 0 aliphatic carbocycles. The lowest BCUT2D eigenvalue weighted by molar-refractivity contribution is -0.137. The first-order valence-electron chi connectivity index (χ1n) is 10.7. The summed E-state index contributed by atoms with van der Waals surface area (Å²) >= 11 is 1.19. The van der Waals surface area contributed by atoms with Gasteiger partial charge in [0.25, 0.3) is 0 Å². The number of carbonyl (C=O) groups excluding carboxylic acids is 1. The van der Waals surface area contributed by atoms with Gasteiger partial charge in [-0.25, -0.2) is 4.68 Å². The molecule has 1 aromatic heterocycles. The van der Waals surface area contributed by atoms with Crippen molar-refractivity contribution in [1.29, 1.82) is 0 Å². The maximum atomic E-state index is 13.4. The van der Waals surface area contributed by atoms with Crippen molar-refractivity contribution in [2.45, 2.75) is 55.7 Å². The molecule has 1 aliphatic heterocycles. The first kappa shape index (κ1) is 23.2. The summed E-state index contributed by atoms with van der Waals surface area (Å²) in [6, 6.07) is 12.3. The fraction of sp³-hybridized carbons (Fsp3) is 0.348. The molecule has 33 heavy (non-hydrogen) atoms. The lowest BCUT2D eigenvalue weighted by atomic mass is 10.0. The predicted molar refractivity (Wildman–Crippen MR) is 122 cm³/mol. The van der Waals surface area contributed by atoms with E-state index in [0.717, 1.165) is 35.9 Å². The number of alkyl halides is 3. The summed E-state index contributed by atoms with van der Waals surface area (Å²) in [6.45, 7) is 4.09. The van der Waals surface area contributed by atoms with Crippen molar-refractivity contribution in [3.8, 4) is 0 Å². The van der Waals surface area contributed by atoms with E-state index in [1.54, 1.807) is 4.68 Å². The summed E-state index contributed by atoms with van der Waals surface area (Å²) in [5, 5.41) is 10.6. The van der Waals surface area contributed by atoms with Gasteiger partial charge in [-0.1, -0.05) is 62.0 Å². The van der Waals surface area contributed by atoms with E-state index in [1.165, 1.54) is 30.0 Å². The van der Waals surface area contributed by atoms with E-state index in [4.69, 9.17) is 0 Å². The molecule has 174 valence electrons. The summed E-state index contributed by atoms with van der Waals surface area (Å²) < 4.78 is 42.1. The maximum absolute atomic E-state index is 13.4. The zero-order valence-corrected chi connectivity index (χ0v) is 19.0. The second-order valence-corrected chi connectivity index (χ2v) is 8.87. The number of hydrogen-bond donors (Lipinski definition) is 2. The maximum Gasteiger partial charge on any atom is 0.418 e. The average Bonchev–Trinajstić information content (AvgIpc) is 3.20. The van der Waals surface area contributed by atoms with Crippen molar-refractivity contribution < 1.29 is 18.0 Å². The third kappa shape index (κ3) is 4.85. The minimum Gasteiger partial charge on any atom is -0.324 e. The molecule has 4 rings (SSSR count). The second-order valence-electron chi connectivity index (χ2n) is 7.76. The molecule has 0 fully saturated rings. The van der Waals surface area contributed by atoms with Gasteiger partial charge in [-0.3, -0.25) is 4.79 Å². The molecule has 0 saturated heterocycles. The molecule has 2 atom stereocenters. The number of carbonyl (C=O) groups is 1. The van der Waals surface area contributed by atoms with Crippen LogP contribution in [0.15, 0.2) is 53.7 Å². The first-order chi connectivity index (χ1) is 15.8. The highest BCUT2D eigenvalue weighted by Crippen LogP contribution is 2.39. The van der Waals surface area contributed by atoms with Crippen LogP contribution in [0.2, 0.25) is 0 Å². The standard InChI is InChI=1S/C23H24F3N5OS/c1-3-7-18-28-29-22-31(18)30-19(15-12-10-14(4-2)11-13-15)20(33-22)21(32)27-17-9-6-5-8-16(17)23(24,25)26/h5-6,8-13,19-20,30H,3-4,7H2,1-2H3,(H,27,32). The summed E-state index contributed by atoms with van der Waals surface area (Å²) in [6.07, 6.45) is -2.12. The largest absolute Gasteiger partial charge is 0.418 e. The van der Waals surface area contributed by atoms with E-state index in [9.17, 15) is 18.0 Å². The number of rotatable bonds is 6. The molecule has 2 heterocycles. The monoisotopic (exact) mass is 475 g/mol. The van der Waals surface area contributed by atoms with Gasteiger partial charge in [0.2, 0.25) is 11.1 Å². The van der Waals surface area contributed by atoms with Gasteiger partial charge < -0.3 is 10.7 Å². The smallest absolute Gasteiger partial charge is 0.324 e. The van der Waals surface area contributed by atoms with Crippen LogP contribution in [0.5, 0.6) is 0 Å². The number of aryl methyl sites for hydroxylation is 2. The third-order valence-corrected chi connectivity index (χ3v) is 6.69. The van der Waals surface area contributed by atoms with Gasteiger partial charge in [0.05, 0.1) is 17.3 Å². The molecule has 0 saturated carbocycles. The molecule has 1 aliphatic rings. The van der Waals surface area contributed by atoms with Crippen LogP contribution in [-0.2, 0) is 23.8 Å². The van der Waals surface area contributed by atoms with Gasteiger partial charge in [-0.15, -0.1) is 10.2 Å². The van der Waals surface area contributed by atoms with E-state index >= 15 is 0 Å². The van der Waals surface area contributed by atoms with Gasteiger partial charge >= 0.3 is 6.18 Å². The van der Waals surface area contributed by atoms with Crippen molar-refractivity contribution in [3.05, 3.63) is 71.0 Å². The van der Waals surface area contributed by atoms with E-state index in [2.05, 4.69) is 27.9 Å². The minimum atomic E-state index is -4.58. The zero-order chi connectivity index (χ0) is 23.6. The number of hydrogen-bond acceptors (Lipinski definition) is 5. The molecule has 10 heteroatoms. The highest BCUT2D eigenvalue weighted by atomic mass is 32.2. The van der Waals surface area contributed by atoms with E-state index in [-0.39, 0.29) is 5.69 Å². The molecule has 0 bridgehead atoms. The van der Waals surface area contributed by atoms with Gasteiger partial charge in [0.15, 0.2) is 5.82 Å². The summed E-state index contributed by atoms with van der Waals surface area (Å²) in [5.41, 5.74) is 4.18. The summed E-state index contributed by atoms with van der Waals surface area (Å²) in [4.78, 5) is 13.3. The van der Waals surface area contributed by atoms with Crippen LogP contribution in [-0.4, -0.2) is 26.0 Å². The lowest BCUT2D eigenvalue weighted by Gasteiger charge is -2.33. The number of para-hydroxylation sites is 1. The Balaban J connectivity index is 1.68. The SMILES string of the molecule is CCCc1nnc2n1NC(c1ccc(CC)cc1)C(C(=O)Nc1ccccc1C(F)(F)F)S2. The van der Waals surface area contributed by atoms with Gasteiger partial charge in [-0.05, 0) is 36.1 Å². The van der Waals surface area contributed by atoms with Crippen LogP contribution in [0, 0.1) is 0 Å². The molecular weight excluding hydrogens is 451 g/mol. The third-order valence-electron chi connectivity index (χ3n) is 5.47. The number of nitrogens with one attached hydrogen (secondary N) is 2. The number of aromatic nitrogens is 3. The molecule has 2 unspecified atom stereocenters. The number of halogens is 3. The number of fused-ring (bicyclic) bond motifs is 1. The van der Waals surface area contributed by atoms with E-state index in [0.29, 0.717) is 11.6 Å². The van der Waals surface area contributed by atoms with Crippen molar-refractivity contribution in [2.75, 3.05) is 10.7 Å². The number of anilines is 1. The quantitative estimate of drug-likeness (QED) is 0.512. The molecule has 2 N–H and O–H groups in total. The average molecular weight is 476 g/mol. The molecule has 2 aromatic carbocycles. The fourth-order valence-electron chi connectivity index (χ4n) is 3.74. The first-order valence-corrected chi connectivity index (χ1v) is 11.6. The van der Waals surface area contributed by atoms with Gasteiger partial charge in [-0.2, -0.15) is 13.2 Å². The highest BCUT2D eigenvalue weighted by molar-refractivity contribution is 8.00. The summed E-state index contributed by atoms with van der Waals surface area (Å²) in [7, 11) is 0. The fourth-order valence-corrected chi connectivity index (χ4v) is 4.84. The van der Waals surface area contributed by atoms with Crippen LogP contribution in [0.3, 0.4) is 0 Å². The Morgan fingerprint density at radius 2 is 1.85 bits per heavy atom. The number of thioether (sulfide) groups is 1. The number of amides is 1. The Bertz CT molecular complexity index is 1130. The van der Waals surface area contributed by atoms with Crippen LogP contribution >= 0.6 is 11.8 Å². The van der Waals surface area contributed by atoms with E-state index < -0.39 is 28.9 Å². The zero-order valence-electron chi connectivity index (χ0n) is 18.2. The Labute approximate surface area is 194 Å². The Morgan fingerprint density at radius 1 is 1.12 bits per heavy atom. The van der Waals surface area contributed by atoms with Crippen LogP contribution in [0.4, 0.5) is 18.9 Å². The van der Waals surface area contributed by atoms with Crippen LogP contribution < -0.4 is 10.7 Å². The summed E-state index contributed by atoms with van der Waals surface area (Å²) in [5.74, 6) is 0.205. The molecule has 0 radical (unpaired) electrons. The van der Waals surface area contributed by atoms with Gasteiger partial charge in [0, 0.05) is 6.42 Å². The lowest BCUT2D eigenvalue weighted by Crippen LogP contribution is -2.41. The van der Waals surface area contributed by atoms with Crippen molar-refractivity contribution in [2.24, 2.45) is 0 Å². The Kier molecular flexibility index (Phi) is 6.64. The second kappa shape index (κ2) is 9.46. The molecule has 1 amide bonds. The molecule has 0 spiro atoms. The highest BCUT2D eigenvalue weighted by Gasteiger charge is 2.39. The number of benzene rings is 2. The Morgan fingerprint density at radius 3 is 2.52 bits per heavy atom. The van der Waals surface area contributed by atoms with Crippen molar-refractivity contribution in [1.82, 2.24) is 14.9 Å². The minimum absolute atomic E-state index is 0.269. The molecule has 3 aromatic rings. The predicted octanol–water partition coefficient (Wildman–Crippen LogP) is 5.21.